The average molecular weight is 551 g/mol. The molecule has 0 unspecified atom stereocenters. The second-order valence-corrected chi connectivity index (χ2v) is 8.08. The third-order valence-electron chi connectivity index (χ3n) is 5.79. The molecule has 0 spiro atoms. The molecule has 0 saturated carbocycles. The van der Waals surface area contributed by atoms with Crippen LogP contribution in [0.4, 0.5) is 11.4 Å². The van der Waals surface area contributed by atoms with Crippen molar-refractivity contribution in [3.05, 3.63) is 81.5 Å². The van der Waals surface area contributed by atoms with Gasteiger partial charge in [0.2, 0.25) is 5.75 Å². The van der Waals surface area contributed by atoms with Crippen molar-refractivity contribution in [1.29, 1.82) is 0 Å². The Hall–Kier alpha value is -5.19. The van der Waals surface area contributed by atoms with Crippen molar-refractivity contribution in [1.82, 2.24) is 0 Å². The lowest BCUT2D eigenvalue weighted by molar-refractivity contribution is -0.385. The number of nitrogens with zero attached hydrogens (tertiary/aromatic N) is 1. The first kappa shape index (κ1) is 29.4. The topological polar surface area (TPSA) is 128 Å². The summed E-state index contributed by atoms with van der Waals surface area (Å²) < 4.78 is 32.2. The number of methoxy groups -OCH3 is 6. The number of ketones is 1. The summed E-state index contributed by atoms with van der Waals surface area (Å²) in [6.07, 6.45) is 6.41. The van der Waals surface area contributed by atoms with Gasteiger partial charge in [-0.05, 0) is 47.5 Å². The highest BCUT2D eigenvalue weighted by atomic mass is 16.6. The van der Waals surface area contributed by atoms with Crippen LogP contribution in [0.3, 0.4) is 0 Å². The van der Waals surface area contributed by atoms with E-state index in [0.29, 0.717) is 34.4 Å². The second-order valence-electron chi connectivity index (χ2n) is 8.08. The first-order valence-corrected chi connectivity index (χ1v) is 11.8. The van der Waals surface area contributed by atoms with Crippen molar-refractivity contribution >= 4 is 29.3 Å². The summed E-state index contributed by atoms with van der Waals surface area (Å²) in [5, 5.41) is 14.3. The molecule has 11 heteroatoms. The molecule has 11 nitrogen and oxygen atoms in total. The number of rotatable bonds is 13. The molecule has 0 aliphatic rings. The first-order chi connectivity index (χ1) is 19.3. The molecule has 0 amide bonds. The van der Waals surface area contributed by atoms with Gasteiger partial charge < -0.3 is 33.7 Å². The van der Waals surface area contributed by atoms with E-state index in [1.165, 1.54) is 58.9 Å². The Bertz CT molecular complexity index is 1420. The van der Waals surface area contributed by atoms with E-state index >= 15 is 0 Å². The third-order valence-corrected chi connectivity index (χ3v) is 5.79. The van der Waals surface area contributed by atoms with E-state index in [2.05, 4.69) is 5.32 Å². The van der Waals surface area contributed by atoms with Crippen LogP contribution in [0.2, 0.25) is 0 Å². The van der Waals surface area contributed by atoms with Crippen LogP contribution in [0.5, 0.6) is 34.5 Å². The Morgan fingerprint density at radius 2 is 1.25 bits per heavy atom. The molecule has 0 fully saturated rings. The van der Waals surface area contributed by atoms with E-state index in [0.717, 1.165) is 11.1 Å². The van der Waals surface area contributed by atoms with Crippen LogP contribution in [0.1, 0.15) is 21.5 Å². The lowest BCUT2D eigenvalue weighted by Gasteiger charge is -2.14. The number of ether oxygens (including phenoxy) is 6. The molecule has 0 radical (unpaired) electrons. The van der Waals surface area contributed by atoms with Gasteiger partial charge in [-0.15, -0.1) is 0 Å². The van der Waals surface area contributed by atoms with Crippen molar-refractivity contribution in [3.8, 4) is 34.5 Å². The van der Waals surface area contributed by atoms with Crippen molar-refractivity contribution in [3.63, 3.8) is 0 Å². The van der Waals surface area contributed by atoms with Crippen molar-refractivity contribution in [2.24, 2.45) is 0 Å². The molecule has 40 heavy (non-hydrogen) atoms. The van der Waals surface area contributed by atoms with Gasteiger partial charge in [-0.1, -0.05) is 12.2 Å². The lowest BCUT2D eigenvalue weighted by atomic mass is 10.1. The average Bonchev–Trinajstić information content (AvgIpc) is 2.98. The normalized spacial score (nSPS) is 10.8. The number of hydrogen-bond donors (Lipinski definition) is 1. The predicted octanol–water partition coefficient (Wildman–Crippen LogP) is 5.63. The molecule has 0 aliphatic heterocycles. The number of hydrogen-bond acceptors (Lipinski definition) is 10. The standard InChI is InChI=1S/C29H30N2O9/c1-35-24-10-9-20(17-22(24)31(33)34)23(32)11-12-30-21-13-18(14-25(36-2)28(21)39-5)7-8-19-15-26(37-3)29(40-6)27(16-19)38-4/h7-17,30H,1-6H3. The molecular formula is C29H30N2O9. The highest BCUT2D eigenvalue weighted by Gasteiger charge is 2.17. The van der Waals surface area contributed by atoms with Crippen LogP contribution in [0.25, 0.3) is 12.2 Å². The predicted molar refractivity (Wildman–Crippen MR) is 151 cm³/mol. The summed E-state index contributed by atoms with van der Waals surface area (Å²) in [5.41, 5.74) is 1.93. The molecule has 3 aromatic carbocycles. The zero-order valence-electron chi connectivity index (χ0n) is 23.0. The summed E-state index contributed by atoms with van der Waals surface area (Å²) >= 11 is 0. The SMILES string of the molecule is COc1ccc(C(=O)C=CNc2cc(C=Cc3cc(OC)c(OC)c(OC)c3)cc(OC)c2OC)cc1[N+](=O)[O-]. The zero-order chi connectivity index (χ0) is 29.2. The maximum atomic E-state index is 12.7. The van der Waals surface area contributed by atoms with Crippen LogP contribution < -0.4 is 33.7 Å². The largest absolute Gasteiger partial charge is 0.493 e. The number of allylic oxidation sites excluding steroid dienone is 1. The van der Waals surface area contributed by atoms with Crippen LogP contribution >= 0.6 is 0 Å². The third kappa shape index (κ3) is 6.62. The minimum absolute atomic E-state index is 0.0666. The fourth-order valence-electron chi connectivity index (χ4n) is 3.87. The molecule has 3 rings (SSSR count). The van der Waals surface area contributed by atoms with Gasteiger partial charge >= 0.3 is 5.69 Å². The molecule has 0 aromatic heterocycles. The molecule has 3 aromatic rings. The molecule has 0 aliphatic carbocycles. The summed E-state index contributed by atoms with van der Waals surface area (Å²) in [4.78, 5) is 23.4. The molecular weight excluding hydrogens is 520 g/mol. The first-order valence-electron chi connectivity index (χ1n) is 11.8. The summed E-state index contributed by atoms with van der Waals surface area (Å²) in [6.45, 7) is 0. The van der Waals surface area contributed by atoms with Gasteiger partial charge in [0, 0.05) is 23.9 Å². The Labute approximate surface area is 231 Å². The summed E-state index contributed by atoms with van der Waals surface area (Å²) in [6, 6.07) is 11.2. The molecule has 0 bridgehead atoms. The number of nitrogens with one attached hydrogen (secondary N) is 1. The molecule has 0 heterocycles. The van der Waals surface area contributed by atoms with E-state index in [9.17, 15) is 14.9 Å². The van der Waals surface area contributed by atoms with Crippen LogP contribution in [-0.4, -0.2) is 53.4 Å². The van der Waals surface area contributed by atoms with Crippen LogP contribution in [0.15, 0.2) is 54.7 Å². The molecule has 0 atom stereocenters. The van der Waals surface area contributed by atoms with Gasteiger partial charge in [0.25, 0.3) is 0 Å². The lowest BCUT2D eigenvalue weighted by Crippen LogP contribution is -2.01. The Morgan fingerprint density at radius 3 is 1.75 bits per heavy atom. The second kappa shape index (κ2) is 13.6. The van der Waals surface area contributed by atoms with E-state index < -0.39 is 10.7 Å². The highest BCUT2D eigenvalue weighted by molar-refractivity contribution is 6.05. The minimum Gasteiger partial charge on any atom is -0.493 e. The number of carbonyl (C=O) groups excluding carboxylic acids is 1. The van der Waals surface area contributed by atoms with Crippen LogP contribution in [-0.2, 0) is 0 Å². The van der Waals surface area contributed by atoms with Gasteiger partial charge in [0.05, 0.1) is 53.3 Å². The fraction of sp³-hybridized carbons (Fsp3) is 0.207. The van der Waals surface area contributed by atoms with Crippen molar-refractivity contribution in [2.75, 3.05) is 48.0 Å². The van der Waals surface area contributed by atoms with Gasteiger partial charge in [0.1, 0.15) is 0 Å². The van der Waals surface area contributed by atoms with E-state index in [1.807, 2.05) is 30.4 Å². The number of carbonyl (C=O) groups is 1. The maximum Gasteiger partial charge on any atom is 0.311 e. The van der Waals surface area contributed by atoms with Gasteiger partial charge in [-0.2, -0.15) is 0 Å². The number of nitro benzene ring substituents is 1. The molecule has 210 valence electrons. The van der Waals surface area contributed by atoms with E-state index in [-0.39, 0.29) is 17.0 Å². The zero-order valence-corrected chi connectivity index (χ0v) is 23.0. The van der Waals surface area contributed by atoms with Crippen molar-refractivity contribution in [2.45, 2.75) is 0 Å². The maximum absolute atomic E-state index is 12.7. The minimum atomic E-state index is -0.605. The number of anilines is 1. The van der Waals surface area contributed by atoms with Gasteiger partial charge in [0.15, 0.2) is 34.5 Å². The quantitative estimate of drug-likeness (QED) is 0.0941. The Kier molecular flexibility index (Phi) is 9.95. The van der Waals surface area contributed by atoms with E-state index in [1.54, 1.807) is 20.3 Å². The Balaban J connectivity index is 1.89. The summed E-state index contributed by atoms with van der Waals surface area (Å²) in [5.74, 6) is 2.04. The number of nitro groups is 1. The monoisotopic (exact) mass is 550 g/mol. The highest BCUT2D eigenvalue weighted by Crippen LogP contribution is 2.40. The summed E-state index contributed by atoms with van der Waals surface area (Å²) in [7, 11) is 8.97. The number of benzene rings is 3. The van der Waals surface area contributed by atoms with Gasteiger partial charge in [-0.3, -0.25) is 14.9 Å². The van der Waals surface area contributed by atoms with Gasteiger partial charge in [-0.25, -0.2) is 0 Å². The van der Waals surface area contributed by atoms with E-state index in [4.69, 9.17) is 28.4 Å². The molecule has 1 N–H and O–H groups in total. The van der Waals surface area contributed by atoms with Crippen molar-refractivity contribution < 1.29 is 38.1 Å². The Morgan fingerprint density at radius 1 is 0.725 bits per heavy atom. The fourth-order valence-corrected chi connectivity index (χ4v) is 3.87. The molecule has 0 saturated heterocycles. The smallest absolute Gasteiger partial charge is 0.311 e. The van der Waals surface area contributed by atoms with Crippen LogP contribution in [0, 0.1) is 10.1 Å².